The van der Waals surface area contributed by atoms with Crippen molar-refractivity contribution in [3.63, 3.8) is 0 Å². The second kappa shape index (κ2) is 6.07. The van der Waals surface area contributed by atoms with E-state index in [0.29, 0.717) is 6.04 Å². The number of likely N-dealkylation sites (N-methyl/N-ethyl adjacent to an activating group) is 1. The van der Waals surface area contributed by atoms with Crippen LogP contribution in [0.1, 0.15) is 34.8 Å². The largest absolute Gasteiger partial charge is 0.310 e. The summed E-state index contributed by atoms with van der Waals surface area (Å²) in [6, 6.07) is 2.42. The van der Waals surface area contributed by atoms with Gasteiger partial charge in [-0.05, 0) is 37.6 Å². The highest BCUT2D eigenvalue weighted by Gasteiger charge is 2.15. The van der Waals surface area contributed by atoms with Crippen LogP contribution in [0.5, 0.6) is 0 Å². The van der Waals surface area contributed by atoms with Crippen LogP contribution in [-0.4, -0.2) is 16.5 Å². The van der Waals surface area contributed by atoms with Crippen molar-refractivity contribution in [2.75, 3.05) is 6.54 Å². The van der Waals surface area contributed by atoms with Gasteiger partial charge in [0.05, 0.1) is 5.01 Å². The Kier molecular flexibility index (Phi) is 4.44. The third-order valence-electron chi connectivity index (χ3n) is 2.93. The summed E-state index contributed by atoms with van der Waals surface area (Å²) in [6.07, 6.45) is 4.73. The first-order chi connectivity index (χ1) is 8.70. The average Bonchev–Trinajstić information content (AvgIpc) is 2.75. The zero-order valence-electron chi connectivity index (χ0n) is 11.1. The van der Waals surface area contributed by atoms with Crippen LogP contribution in [0.3, 0.4) is 0 Å². The summed E-state index contributed by atoms with van der Waals surface area (Å²) in [7, 11) is 0. The maximum Gasteiger partial charge on any atom is 0.0947 e. The van der Waals surface area contributed by atoms with Gasteiger partial charge in [-0.3, -0.25) is 4.98 Å². The highest BCUT2D eigenvalue weighted by atomic mass is 32.1. The number of aromatic nitrogens is 2. The van der Waals surface area contributed by atoms with Gasteiger partial charge in [0.2, 0.25) is 0 Å². The Morgan fingerprint density at radius 3 is 2.83 bits per heavy atom. The summed E-state index contributed by atoms with van der Waals surface area (Å²) in [5, 5.41) is 6.83. The number of rotatable bonds is 5. The summed E-state index contributed by atoms with van der Waals surface area (Å²) in [6.45, 7) is 7.24. The zero-order chi connectivity index (χ0) is 13.0. The van der Waals surface area contributed by atoms with Crippen LogP contribution >= 0.6 is 11.3 Å². The normalized spacial score (nSPS) is 12.6. The molecule has 18 heavy (non-hydrogen) atoms. The van der Waals surface area contributed by atoms with Crippen molar-refractivity contribution in [1.82, 2.24) is 15.3 Å². The molecule has 1 atom stereocenters. The van der Waals surface area contributed by atoms with Gasteiger partial charge < -0.3 is 5.32 Å². The number of nitrogens with one attached hydrogen (secondary N) is 1. The van der Waals surface area contributed by atoms with Crippen LogP contribution in [0.15, 0.2) is 23.8 Å². The van der Waals surface area contributed by atoms with Crippen molar-refractivity contribution in [3.8, 4) is 0 Å². The minimum atomic E-state index is 0.323. The Morgan fingerprint density at radius 1 is 1.39 bits per heavy atom. The fourth-order valence-corrected chi connectivity index (χ4v) is 2.90. The number of pyridine rings is 1. The Morgan fingerprint density at radius 2 is 2.22 bits per heavy atom. The summed E-state index contributed by atoms with van der Waals surface area (Å²) in [5.74, 6) is 0. The predicted octanol–water partition coefficient (Wildman–Crippen LogP) is 3.05. The van der Waals surface area contributed by atoms with E-state index in [9.17, 15) is 0 Å². The van der Waals surface area contributed by atoms with Gasteiger partial charge >= 0.3 is 0 Å². The molecule has 0 saturated heterocycles. The molecule has 2 aromatic heterocycles. The molecule has 0 bridgehead atoms. The lowest BCUT2D eigenvalue weighted by Crippen LogP contribution is -2.23. The molecule has 2 aromatic rings. The fraction of sp³-hybridized carbons (Fsp3) is 0.429. The van der Waals surface area contributed by atoms with Gasteiger partial charge in [0, 0.05) is 35.9 Å². The molecule has 0 saturated carbocycles. The number of hydrogen-bond acceptors (Lipinski definition) is 4. The number of aryl methyl sites for hydroxylation is 2. The monoisotopic (exact) mass is 261 g/mol. The Balaban J connectivity index is 2.20. The Bertz CT molecular complexity index is 507. The number of hydrogen-bond donors (Lipinski definition) is 1. The smallest absolute Gasteiger partial charge is 0.0947 e. The van der Waals surface area contributed by atoms with Crippen molar-refractivity contribution in [2.24, 2.45) is 0 Å². The van der Waals surface area contributed by atoms with Crippen molar-refractivity contribution in [3.05, 3.63) is 45.7 Å². The predicted molar refractivity (Wildman–Crippen MR) is 75.9 cm³/mol. The second-order valence-electron chi connectivity index (χ2n) is 4.43. The highest BCUT2D eigenvalue weighted by molar-refractivity contribution is 7.09. The van der Waals surface area contributed by atoms with Crippen molar-refractivity contribution in [1.29, 1.82) is 0 Å². The maximum absolute atomic E-state index is 4.55. The first-order valence-electron chi connectivity index (χ1n) is 6.25. The second-order valence-corrected chi connectivity index (χ2v) is 5.37. The molecule has 0 amide bonds. The molecule has 0 aliphatic rings. The molecular weight excluding hydrogens is 242 g/mol. The number of nitrogens with zero attached hydrogens (tertiary/aromatic N) is 2. The van der Waals surface area contributed by atoms with Crippen LogP contribution in [0, 0.1) is 13.8 Å². The third-order valence-corrected chi connectivity index (χ3v) is 3.92. The van der Waals surface area contributed by atoms with Gasteiger partial charge in [-0.2, -0.15) is 0 Å². The van der Waals surface area contributed by atoms with E-state index in [-0.39, 0.29) is 0 Å². The lowest BCUT2D eigenvalue weighted by atomic mass is 10.0. The van der Waals surface area contributed by atoms with Crippen molar-refractivity contribution in [2.45, 2.75) is 33.2 Å². The molecule has 1 unspecified atom stereocenters. The molecule has 0 fully saturated rings. The van der Waals surface area contributed by atoms with Crippen LogP contribution in [0.2, 0.25) is 0 Å². The topological polar surface area (TPSA) is 37.8 Å². The van der Waals surface area contributed by atoms with Gasteiger partial charge in [0.25, 0.3) is 0 Å². The lowest BCUT2D eigenvalue weighted by Gasteiger charge is -2.19. The van der Waals surface area contributed by atoms with E-state index in [1.807, 2.05) is 19.3 Å². The molecule has 1 N–H and O–H groups in total. The Labute approximate surface area is 112 Å². The molecule has 0 aliphatic carbocycles. The van der Waals surface area contributed by atoms with Gasteiger partial charge in [-0.1, -0.05) is 6.92 Å². The standard InChI is InChI=1S/C14H19N3S/c1-4-16-13(7-14-17-11(3)9-18-14)12-5-6-15-8-10(12)2/h5-6,8-9,13,16H,4,7H2,1-3H3. The van der Waals surface area contributed by atoms with Crippen LogP contribution < -0.4 is 5.32 Å². The molecule has 3 nitrogen and oxygen atoms in total. The SMILES string of the molecule is CCNC(Cc1nc(C)cs1)c1ccncc1C. The summed E-state index contributed by atoms with van der Waals surface area (Å²) in [5.41, 5.74) is 3.66. The first-order valence-corrected chi connectivity index (χ1v) is 7.13. The summed E-state index contributed by atoms with van der Waals surface area (Å²) < 4.78 is 0. The molecule has 96 valence electrons. The zero-order valence-corrected chi connectivity index (χ0v) is 11.9. The van der Waals surface area contributed by atoms with E-state index < -0.39 is 0 Å². The summed E-state index contributed by atoms with van der Waals surface area (Å²) >= 11 is 1.74. The van der Waals surface area contributed by atoms with Gasteiger partial charge in [-0.25, -0.2) is 4.98 Å². The molecule has 0 aromatic carbocycles. The van der Waals surface area contributed by atoms with E-state index >= 15 is 0 Å². The van der Waals surface area contributed by atoms with Gasteiger partial charge in [0.15, 0.2) is 0 Å². The van der Waals surface area contributed by atoms with Gasteiger partial charge in [0.1, 0.15) is 0 Å². The molecule has 2 heterocycles. The van der Waals surface area contributed by atoms with E-state index in [0.717, 1.165) is 18.7 Å². The van der Waals surface area contributed by atoms with Crippen LogP contribution in [-0.2, 0) is 6.42 Å². The Hall–Kier alpha value is -1.26. The maximum atomic E-state index is 4.55. The van der Waals surface area contributed by atoms with Crippen molar-refractivity contribution >= 4 is 11.3 Å². The van der Waals surface area contributed by atoms with E-state index in [2.05, 4.69) is 40.6 Å². The fourth-order valence-electron chi connectivity index (χ4n) is 2.08. The number of thiazole rings is 1. The molecule has 0 aliphatic heterocycles. The van der Waals surface area contributed by atoms with E-state index in [4.69, 9.17) is 0 Å². The third kappa shape index (κ3) is 3.15. The molecule has 0 spiro atoms. The van der Waals surface area contributed by atoms with Crippen LogP contribution in [0.25, 0.3) is 0 Å². The minimum absolute atomic E-state index is 0.323. The van der Waals surface area contributed by atoms with Gasteiger partial charge in [-0.15, -0.1) is 11.3 Å². The quantitative estimate of drug-likeness (QED) is 0.899. The van der Waals surface area contributed by atoms with E-state index in [1.54, 1.807) is 11.3 Å². The van der Waals surface area contributed by atoms with Crippen molar-refractivity contribution < 1.29 is 0 Å². The summed E-state index contributed by atoms with van der Waals surface area (Å²) in [4.78, 5) is 8.71. The molecule has 0 radical (unpaired) electrons. The van der Waals surface area contributed by atoms with Crippen LogP contribution in [0.4, 0.5) is 0 Å². The molecular formula is C14H19N3S. The molecule has 2 rings (SSSR count). The molecule has 4 heteroatoms. The van der Waals surface area contributed by atoms with E-state index in [1.165, 1.54) is 16.1 Å². The minimum Gasteiger partial charge on any atom is -0.310 e. The highest BCUT2D eigenvalue weighted by Crippen LogP contribution is 2.22. The lowest BCUT2D eigenvalue weighted by molar-refractivity contribution is 0.545. The average molecular weight is 261 g/mol. The first kappa shape index (κ1) is 13.2.